The van der Waals surface area contributed by atoms with Crippen LogP contribution in [0.15, 0.2) is 97.6 Å². The molecular formula is C89H182N8O9S2. The number of imidazole rings is 1. The number of benzene rings is 3. The maximum absolute atomic E-state index is 9.82. The lowest BCUT2D eigenvalue weighted by Gasteiger charge is -1.93. The number of H-pyrrole nitrogens is 2. The molecule has 0 aliphatic rings. The van der Waals surface area contributed by atoms with E-state index in [1.165, 1.54) is 110 Å². The summed E-state index contributed by atoms with van der Waals surface area (Å²) < 4.78 is 0. The van der Waals surface area contributed by atoms with E-state index in [0.29, 0.717) is 30.8 Å². The van der Waals surface area contributed by atoms with E-state index in [-0.39, 0.29) is 38.4 Å². The molecule has 3 aromatic carbocycles. The summed E-state index contributed by atoms with van der Waals surface area (Å²) in [6.07, 6.45) is 30.9. The molecule has 0 atom stereocenters. The lowest BCUT2D eigenvalue weighted by molar-refractivity contribution is -0.137. The molecule has 108 heavy (non-hydrogen) atoms. The highest BCUT2D eigenvalue weighted by Crippen LogP contribution is 2.17. The standard InChI is InChI=1S/C10H11N.C8H10O.C8H10.C6H14N2.C5H8N2.C5H13N.3C5H12.C4H9NO.C4H8O2.C4H10S.C4H10.C3H7NO.C3H6O2.C3H8O.C2H6O.C2H6S.C2H6.CH4/c1-2-8-7-11-10-6-4-3-5-9(8)10;1-2-7-3-5-8(9)6-4-7;1-2-8-6-4-3-5-7-8;1-2-3-4-5-6(7)8;1-2-5-3-6-4-7-5;1-2-3-4-5-6;2*1-4-5(2)3;1-3-5-4-2;2*1-2-3-4(5)6;1-3-4-5-2;1-4(2)3;2*1-2-3(4)5;1-3(2)4;2*1-2-3;1-2;/h3-7,11H,2H2,1H3;3-6,9H,2H2,1H3;3-7H,2H2,1H3;2-5H2,1H3,(H3,7,8);3-4H,2H2,1H3,(H,6,7);2-6H2,1H3;2*5H,4H2,1-3H3;3-5H2,1-2H3;2-3H2,1H3,(H2,5,6);2-3H2,1H3,(H,5,6);3-4H2,1-2H3;4H,1-3H3;2H2,1H3,(H2,4,5);2H2,1H3,(H,4,5);3-4H,1-2H3;2*3H,2H2,1H3;1-2H3;1H4. The highest BCUT2D eigenvalue weighted by Gasteiger charge is 1.98. The number of nitrogens with one attached hydrogen (secondary N) is 3. The Morgan fingerprint density at radius 2 is 0.917 bits per heavy atom. The second-order valence-corrected chi connectivity index (χ2v) is 26.4. The molecule has 2 heterocycles. The summed E-state index contributed by atoms with van der Waals surface area (Å²) in [5.74, 6) is 3.60. The molecule has 0 spiro atoms. The maximum atomic E-state index is 9.82. The Hall–Kier alpha value is -5.86. The fourth-order valence-electron chi connectivity index (χ4n) is 5.33. The lowest BCUT2D eigenvalue weighted by atomic mass is 10.1. The number of carbonyl (C=O) groups is 4. The first-order valence-corrected chi connectivity index (χ1v) is 42.3. The van der Waals surface area contributed by atoms with Gasteiger partial charge in [0.15, 0.2) is 0 Å². The van der Waals surface area contributed by atoms with Crippen molar-refractivity contribution in [2.24, 2.45) is 40.7 Å². The number of aliphatic carboxylic acids is 2. The van der Waals surface area contributed by atoms with Crippen LogP contribution >= 0.6 is 24.4 Å². The average Bonchev–Trinajstić information content (AvgIpc) is 1.70. The van der Waals surface area contributed by atoms with Gasteiger partial charge in [0.2, 0.25) is 11.8 Å². The Balaban J connectivity index is -0.0000000658. The predicted molar refractivity (Wildman–Crippen MR) is 490 cm³/mol. The number of nitrogens with two attached hydrogens (primary N) is 4. The zero-order valence-corrected chi connectivity index (χ0v) is 76.3. The minimum Gasteiger partial charge on any atom is -0.508 e. The normalized spacial score (nSPS) is 8.64. The third kappa shape index (κ3) is 184. The number of fused-ring (bicyclic) bond motifs is 1. The van der Waals surface area contributed by atoms with Crippen molar-refractivity contribution in [1.29, 1.82) is 5.41 Å². The number of nitrogens with zero attached hydrogens (tertiary/aromatic N) is 1. The average molecular weight is 1570 g/mol. The van der Waals surface area contributed by atoms with Crippen molar-refractivity contribution < 1.29 is 44.7 Å². The molecule has 5 aromatic rings. The van der Waals surface area contributed by atoms with Crippen LogP contribution in [-0.2, 0) is 44.9 Å². The van der Waals surface area contributed by atoms with E-state index in [1.807, 2.05) is 70.8 Å². The van der Waals surface area contributed by atoms with Crippen LogP contribution in [0.4, 0.5) is 0 Å². The molecule has 0 aliphatic carbocycles. The summed E-state index contributed by atoms with van der Waals surface area (Å²) in [5, 5.41) is 48.3. The number of aryl methyl sites for hydroxylation is 4. The number of primary amides is 2. The fraction of sp³-hybridized carbons (Fsp3) is 0.685. The highest BCUT2D eigenvalue weighted by atomic mass is 32.2. The van der Waals surface area contributed by atoms with Crippen molar-refractivity contribution in [3.05, 3.63) is 120 Å². The maximum Gasteiger partial charge on any atom is 0.303 e. The molecule has 2 amide bonds. The molecule has 16 N–H and O–H groups in total. The molecule has 2 aromatic heterocycles. The number of para-hydroxylation sites is 1. The quantitative estimate of drug-likeness (QED) is 0.0125. The largest absolute Gasteiger partial charge is 0.508 e. The first kappa shape index (κ1) is 138. The van der Waals surface area contributed by atoms with E-state index < -0.39 is 11.9 Å². The smallest absolute Gasteiger partial charge is 0.303 e. The Labute approximate surface area is 678 Å². The number of phenols is 1. The SMILES string of the molecule is C.CC.CC(C)C.CC(C)O.CCC(=O)O.CCC(C)C.CCC(C)C.CCC(N)=O.CCCC(=O)O.CCCC(N)=O.CCCCC.CCCCCC(=N)N.CCCCCN.CCCSC.CCO.CCS.CCc1c[nH]c2ccccc12.CCc1ccc(O)cc1.CCc1ccccc1.CCc1cnc[nH]1. The topological polar surface area (TPSA) is 342 Å². The molecule has 0 aliphatic heterocycles. The van der Waals surface area contributed by atoms with Gasteiger partial charge in [0.05, 0.1) is 12.2 Å². The van der Waals surface area contributed by atoms with Gasteiger partial charge in [0.1, 0.15) is 5.75 Å². The van der Waals surface area contributed by atoms with Gasteiger partial charge in [-0.15, -0.1) is 0 Å². The second-order valence-electron chi connectivity index (χ2n) is 24.8. The van der Waals surface area contributed by atoms with Gasteiger partial charge in [-0.2, -0.15) is 24.4 Å². The van der Waals surface area contributed by atoms with Gasteiger partial charge in [-0.05, 0) is 156 Å². The van der Waals surface area contributed by atoms with Crippen LogP contribution in [0.3, 0.4) is 0 Å². The summed E-state index contributed by atoms with van der Waals surface area (Å²) in [4.78, 5) is 48.4. The minimum atomic E-state index is -0.745. The number of aliphatic hydroxyl groups excluding tert-OH is 2. The van der Waals surface area contributed by atoms with Crippen molar-refractivity contribution in [2.75, 3.05) is 30.9 Å². The van der Waals surface area contributed by atoms with E-state index in [4.69, 9.17) is 48.1 Å². The summed E-state index contributed by atoms with van der Waals surface area (Å²) in [6.45, 7) is 58.5. The number of unbranched alkanes of at least 4 members (excludes halogenated alkanes) is 6. The van der Waals surface area contributed by atoms with Gasteiger partial charge in [-0.25, -0.2) is 4.98 Å². The Kier molecular flexibility index (Phi) is 163. The number of thioether (sulfide) groups is 1. The Bertz CT molecular complexity index is 2280. The lowest BCUT2D eigenvalue weighted by Crippen LogP contribution is -2.08. The van der Waals surface area contributed by atoms with Crippen LogP contribution in [0.5, 0.6) is 5.75 Å². The molecule has 5 rings (SSSR count). The Morgan fingerprint density at radius 1 is 0.537 bits per heavy atom. The van der Waals surface area contributed by atoms with Crippen molar-refractivity contribution in [3.63, 3.8) is 0 Å². The van der Waals surface area contributed by atoms with Crippen LogP contribution in [0, 0.1) is 23.2 Å². The number of thiol groups is 1. The van der Waals surface area contributed by atoms with Crippen LogP contribution in [-0.4, -0.2) is 107 Å². The predicted octanol–water partition coefficient (Wildman–Crippen LogP) is 24.8. The van der Waals surface area contributed by atoms with Crippen molar-refractivity contribution in [3.8, 4) is 5.75 Å². The number of amides is 2. The number of aliphatic hydroxyl groups is 2. The second kappa shape index (κ2) is 128. The number of amidine groups is 1. The first-order valence-electron chi connectivity index (χ1n) is 40.3. The van der Waals surface area contributed by atoms with Crippen molar-refractivity contribution >= 4 is 64.9 Å². The molecule has 644 valence electrons. The van der Waals surface area contributed by atoms with Gasteiger partial charge in [0, 0.05) is 73.8 Å². The number of aromatic nitrogens is 3. The van der Waals surface area contributed by atoms with Crippen molar-refractivity contribution in [2.45, 2.75) is 355 Å². The number of carboxylic acids is 2. The number of phenolic OH excluding ortho intramolecular Hbond substituents is 1. The number of aromatic hydroxyl groups is 1. The summed E-state index contributed by atoms with van der Waals surface area (Å²) in [6, 6.07) is 26.1. The van der Waals surface area contributed by atoms with Gasteiger partial charge >= 0.3 is 11.9 Å². The number of hydrogen-bond donors (Lipinski definition) is 13. The molecule has 0 saturated carbocycles. The summed E-state index contributed by atoms with van der Waals surface area (Å²) in [5.41, 5.74) is 26.3. The summed E-state index contributed by atoms with van der Waals surface area (Å²) >= 11 is 5.69. The minimum absolute atomic E-state index is 0. The highest BCUT2D eigenvalue weighted by molar-refractivity contribution is 7.98. The van der Waals surface area contributed by atoms with Gasteiger partial charge in [-0.1, -0.05) is 299 Å². The summed E-state index contributed by atoms with van der Waals surface area (Å²) in [7, 11) is 0. The third-order valence-electron chi connectivity index (χ3n) is 11.8. The number of carbonyl (C=O) groups excluding carboxylic acids is 2. The van der Waals surface area contributed by atoms with Crippen LogP contribution < -0.4 is 22.9 Å². The van der Waals surface area contributed by atoms with E-state index in [2.05, 4.69) is 219 Å². The van der Waals surface area contributed by atoms with Gasteiger partial charge < -0.3 is 58.4 Å². The Morgan fingerprint density at radius 3 is 1.12 bits per heavy atom. The number of carboxylic acid groups (broad SMARTS) is 2. The molecule has 0 unspecified atom stereocenters. The van der Waals surface area contributed by atoms with E-state index in [9.17, 15) is 19.2 Å². The molecular weight excluding hydrogens is 1390 g/mol. The third-order valence-corrected chi connectivity index (χ3v) is 12.6. The molecule has 0 saturated heterocycles. The van der Waals surface area contributed by atoms with Crippen molar-refractivity contribution in [1.82, 2.24) is 15.0 Å². The molecule has 0 bridgehead atoms. The van der Waals surface area contributed by atoms with E-state index in [1.54, 1.807) is 53.1 Å². The van der Waals surface area contributed by atoms with Crippen LogP contribution in [0.2, 0.25) is 0 Å². The number of hydrogen-bond acceptors (Lipinski definition) is 12. The van der Waals surface area contributed by atoms with E-state index in [0.717, 1.165) is 81.4 Å². The molecule has 0 fully saturated rings. The van der Waals surface area contributed by atoms with Gasteiger partial charge in [-0.3, -0.25) is 24.6 Å². The molecule has 17 nitrogen and oxygen atoms in total. The molecule has 19 heteroatoms. The number of aromatic amines is 2. The van der Waals surface area contributed by atoms with E-state index >= 15 is 0 Å². The first-order chi connectivity index (χ1) is 50.5. The van der Waals surface area contributed by atoms with Crippen LogP contribution in [0.1, 0.15) is 346 Å². The van der Waals surface area contributed by atoms with Crippen LogP contribution in [0.25, 0.3) is 10.9 Å². The van der Waals surface area contributed by atoms with Gasteiger partial charge in [0.25, 0.3) is 0 Å². The number of rotatable bonds is 23. The zero-order chi connectivity index (χ0) is 86.5. The molecule has 0 radical (unpaired) electrons. The monoisotopic (exact) mass is 1570 g/mol. The fourth-order valence-corrected chi connectivity index (χ4v) is 5.73. The zero-order valence-electron chi connectivity index (χ0n) is 74.6.